The zero-order chi connectivity index (χ0) is 108. The molecule has 3 aromatic carbocycles. The van der Waals surface area contributed by atoms with Crippen LogP contribution in [-0.4, -0.2) is 340 Å². The number of aromatic amines is 3. The lowest BCUT2D eigenvalue weighted by atomic mass is 9.96. The molecule has 6 aromatic rings. The number of aliphatic hydroxyl groups is 2. The molecule has 4 unspecified atom stereocenters. The number of carboxylic acids is 1. The van der Waals surface area contributed by atoms with E-state index in [1.54, 1.807) is 119 Å². The van der Waals surface area contributed by atoms with Crippen LogP contribution in [0.25, 0.3) is 21.8 Å². The second-order valence-corrected chi connectivity index (χ2v) is 39.1. The van der Waals surface area contributed by atoms with Crippen molar-refractivity contribution in [1.82, 2.24) is 115 Å². The number of aliphatic carboxylic acids is 1. The Morgan fingerprint density at radius 2 is 1.15 bits per heavy atom. The Bertz CT molecular complexity index is 5690. The fourth-order valence-corrected chi connectivity index (χ4v) is 18.2. The molecule has 3 aliphatic rings. The monoisotopic (exact) mass is 2100 g/mol. The SMILES string of the molecule is CC[C@H](C)[C@H](NC(=O)[C@H](CS)NC(=O)[C@@H]1CCCN1C(=O)[C@H](CC(C)C)NC(=O)CNC(=O)[C@H](CCSC)NC(=O)[C@H](CO)NC(=O)[C@H](Cc1c[nH]c2ccccc12)NC(=O)C1CC(=O)C(N)C(=O)N[C@@H](CC(N)=O)C(=O)N[C@@H](Cc2c[nH]c3ccccc23)C(=O)NC(Cc2c[nH]cn2)C(=O)NCC(=O)NC([C@@H](C)O)C(=O)N[C@@H](C)C(=O)N2CCC[C@H]2C(=O)N1)C(=O)N[C@@H](Cc1ccccc1)C(=O)N[C@@H](CCSC)C(=O)O. The number of hydrogen-bond donors (Lipinski definition) is 25. The van der Waals surface area contributed by atoms with Crippen LogP contribution in [0.4, 0.5) is 0 Å². The summed E-state index contributed by atoms with van der Waals surface area (Å²) in [6.07, 6.45) is 4.57. The van der Waals surface area contributed by atoms with Gasteiger partial charge in [-0.1, -0.05) is 101 Å². The Labute approximate surface area is 860 Å². The van der Waals surface area contributed by atoms with Crippen molar-refractivity contribution in [1.29, 1.82) is 0 Å². The van der Waals surface area contributed by atoms with Gasteiger partial charge in [-0.3, -0.25) is 95.9 Å². The van der Waals surface area contributed by atoms with Crippen molar-refractivity contribution < 1.29 is 116 Å². The number of hydrogen-bond acceptors (Lipinski definition) is 28. The molecular weight excluding hydrogens is 1970 g/mol. The Hall–Kier alpha value is -14.1. The van der Waals surface area contributed by atoms with E-state index in [0.29, 0.717) is 57.1 Å². The van der Waals surface area contributed by atoms with Gasteiger partial charge in [0.1, 0.15) is 103 Å². The highest BCUT2D eigenvalue weighted by Gasteiger charge is 2.45. The number of thiol groups is 1. The average molecular weight is 2100 g/mol. The summed E-state index contributed by atoms with van der Waals surface area (Å²) in [7, 11) is 0. The number of para-hydroxylation sites is 2. The number of nitrogens with two attached hydrogens (primary N) is 2. The first-order valence-corrected chi connectivity index (χ1v) is 51.7. The molecule has 3 aliphatic heterocycles. The van der Waals surface area contributed by atoms with Crippen molar-refractivity contribution in [2.75, 3.05) is 62.6 Å². The largest absolute Gasteiger partial charge is 0.480 e. The highest BCUT2D eigenvalue weighted by Crippen LogP contribution is 2.26. The van der Waals surface area contributed by atoms with E-state index in [-0.39, 0.29) is 94.0 Å². The van der Waals surface area contributed by atoms with E-state index in [9.17, 15) is 106 Å². The maximum absolute atomic E-state index is 15.4. The lowest BCUT2D eigenvalue weighted by molar-refractivity contribution is -0.143. The summed E-state index contributed by atoms with van der Waals surface area (Å²) in [5.74, 6) is -23.1. The number of primary amides is 1. The molecule has 147 heavy (non-hydrogen) atoms. The van der Waals surface area contributed by atoms with E-state index in [0.717, 1.165) is 11.8 Å². The summed E-state index contributed by atoms with van der Waals surface area (Å²) >= 11 is 7.00. The molecular formula is C96H132N24O24S3. The smallest absolute Gasteiger partial charge is 0.326 e. The first-order chi connectivity index (χ1) is 70.0. The van der Waals surface area contributed by atoms with Crippen LogP contribution in [-0.2, 0) is 126 Å². The first kappa shape index (κ1) is 117. The number of aromatic nitrogens is 4. The van der Waals surface area contributed by atoms with Crippen molar-refractivity contribution in [3.05, 3.63) is 126 Å². The standard InChI is InChI=1S/C96H132N24O24S3/c1-9-49(4)78(92(139)114-62(34-52-19-11-10-12-20-52)82(129)108-61(96(143)144)28-32-147-8)118-88(135)70(46-145)116-90(137)72-26-18-30-120(72)95(142)68(33-48(2)3)106-75(125)43-102-80(127)60(27-31-146-7)107-87(134)69(45-121)115-84(131)64(36-54-41-101-59-24-16-14-22-57(54)59)109-85(132)66-38-73(123)77(98)91(138)113-67(39-74(97)124)86(133)110-63(35-53-40-100-58-23-15-13-21-56(53)58)83(130)111-65(37-55-42-99-47-104-55)81(128)103-44-76(126)117-79(51(6)122)93(140)105-50(5)94(141)119-29-17-25-71(119)89(136)112-66/h10-16,19-24,40-42,47-51,60-72,77-79,100-101,121-122,145H,9,17-18,25-39,43-46,98H2,1-8H3,(H2,97,124)(H,99,104)(H,102,127)(H,103,128)(H,105,140)(H,106,125)(H,107,134)(H,108,129)(H,109,132)(H,110,133)(H,111,130)(H,112,136)(H,113,138)(H,114,139)(H,115,131)(H,116,137)(H,117,126)(H,118,135)(H,143,144)/t49-,50-,51+,60-,61-,62-,63-,64-,65?,66?,67-,68-,69-,70-,71-,72-,77?,78-,79?/m0/s1. The van der Waals surface area contributed by atoms with Crippen LogP contribution in [0.15, 0.2) is 104 Å². The van der Waals surface area contributed by atoms with Gasteiger partial charge >= 0.3 is 5.97 Å². The number of fused-ring (bicyclic) bond motifs is 3. The van der Waals surface area contributed by atoms with E-state index >= 15 is 9.59 Å². The molecule has 6 heterocycles. The van der Waals surface area contributed by atoms with Gasteiger partial charge in [0.2, 0.25) is 112 Å². The quantitative estimate of drug-likeness (QED) is 0.0126. The number of ketones is 1. The first-order valence-electron chi connectivity index (χ1n) is 48.2. The molecule has 19 atom stereocenters. The lowest BCUT2D eigenvalue weighted by Crippen LogP contribution is -2.61. The molecule has 0 saturated carbocycles. The predicted molar refractivity (Wildman–Crippen MR) is 541 cm³/mol. The summed E-state index contributed by atoms with van der Waals surface area (Å²) in [6, 6.07) is -6.00. The average Bonchev–Trinajstić information content (AvgIpc) is 1.69. The van der Waals surface area contributed by atoms with Crippen molar-refractivity contribution in [2.45, 2.75) is 240 Å². The number of imidazole rings is 1. The van der Waals surface area contributed by atoms with Gasteiger partial charge in [0, 0.05) is 91.3 Å². The number of rotatable bonds is 43. The van der Waals surface area contributed by atoms with Crippen LogP contribution in [0.1, 0.15) is 128 Å². The number of nitrogens with zero attached hydrogens (tertiary/aromatic N) is 3. The number of benzene rings is 3. The Morgan fingerprint density at radius 1 is 0.578 bits per heavy atom. The molecule has 3 saturated heterocycles. The number of amides is 19. The van der Waals surface area contributed by atoms with Crippen LogP contribution in [0.5, 0.6) is 0 Å². The van der Waals surface area contributed by atoms with Crippen molar-refractivity contribution in [3.63, 3.8) is 0 Å². The molecule has 798 valence electrons. The third-order valence-electron chi connectivity index (χ3n) is 25.3. The van der Waals surface area contributed by atoms with E-state index in [1.807, 2.05) is 0 Å². The van der Waals surface area contributed by atoms with Gasteiger partial charge in [0.05, 0.1) is 44.2 Å². The minimum atomic E-state index is -2.43. The molecule has 26 N–H and O–H groups in total. The number of carbonyl (C=O) groups is 21. The number of nitrogens with one attached hydrogen (secondary N) is 19. The second kappa shape index (κ2) is 56.6. The number of likely N-dealkylation sites (tertiary alicyclic amines) is 1. The fraction of sp³-hybridized carbons (Fsp3) is 0.521. The Balaban J connectivity index is 0.919. The van der Waals surface area contributed by atoms with Crippen molar-refractivity contribution in [3.8, 4) is 0 Å². The molecule has 19 amide bonds. The van der Waals surface area contributed by atoms with Gasteiger partial charge in [-0.25, -0.2) is 9.78 Å². The summed E-state index contributed by atoms with van der Waals surface area (Å²) in [6.45, 7) is 6.28. The Morgan fingerprint density at radius 3 is 1.76 bits per heavy atom. The number of aliphatic hydroxyl groups excluding tert-OH is 2. The zero-order valence-corrected chi connectivity index (χ0v) is 85.1. The molecule has 51 heteroatoms. The van der Waals surface area contributed by atoms with Gasteiger partial charge in [-0.05, 0) is 123 Å². The van der Waals surface area contributed by atoms with Gasteiger partial charge in [-0.2, -0.15) is 36.2 Å². The molecule has 0 aliphatic carbocycles. The maximum atomic E-state index is 15.4. The minimum Gasteiger partial charge on any atom is -0.480 e. The molecule has 3 fully saturated rings. The number of carboxylic acid groups (broad SMARTS) is 1. The summed E-state index contributed by atoms with van der Waals surface area (Å²) in [5.41, 5.74) is 14.8. The fourth-order valence-electron chi connectivity index (χ4n) is 17.0. The zero-order valence-electron chi connectivity index (χ0n) is 82.6. The van der Waals surface area contributed by atoms with E-state index in [4.69, 9.17) is 11.5 Å². The number of Topliss-reactive ketones (excluding diaryl/α,β-unsaturated/α-hetero) is 1. The summed E-state index contributed by atoms with van der Waals surface area (Å²) < 4.78 is 0. The van der Waals surface area contributed by atoms with Crippen LogP contribution in [0.3, 0.4) is 0 Å². The van der Waals surface area contributed by atoms with Gasteiger partial charge in [0.15, 0.2) is 5.78 Å². The van der Waals surface area contributed by atoms with Crippen LogP contribution < -0.4 is 96.5 Å². The van der Waals surface area contributed by atoms with Gasteiger partial charge in [-0.15, -0.1) is 0 Å². The van der Waals surface area contributed by atoms with E-state index < -0.39 is 278 Å². The maximum Gasteiger partial charge on any atom is 0.326 e. The second-order valence-electron chi connectivity index (χ2n) is 36.7. The highest BCUT2D eigenvalue weighted by molar-refractivity contribution is 7.98. The molecule has 3 aromatic heterocycles. The third kappa shape index (κ3) is 33.7. The van der Waals surface area contributed by atoms with Gasteiger partial charge < -0.3 is 137 Å². The summed E-state index contributed by atoms with van der Waals surface area (Å²) in [5, 5.41) is 72.9. The molecule has 0 radical (unpaired) electrons. The normalized spacial score (nSPS) is 21.2. The molecule has 48 nitrogen and oxygen atoms in total. The number of H-pyrrole nitrogens is 3. The van der Waals surface area contributed by atoms with E-state index in [2.05, 4.69) is 118 Å². The van der Waals surface area contributed by atoms with E-state index in [1.165, 1.54) is 60.3 Å². The third-order valence-corrected chi connectivity index (χ3v) is 26.9. The summed E-state index contributed by atoms with van der Waals surface area (Å²) in [4.78, 5) is 316. The van der Waals surface area contributed by atoms with Crippen molar-refractivity contribution >= 4 is 182 Å². The van der Waals surface area contributed by atoms with Gasteiger partial charge in [0.25, 0.3) is 0 Å². The van der Waals surface area contributed by atoms with Crippen LogP contribution >= 0.6 is 36.2 Å². The lowest BCUT2D eigenvalue weighted by Gasteiger charge is -2.31. The topological polar surface area (TPSA) is 730 Å². The molecule has 0 bridgehead atoms. The highest BCUT2D eigenvalue weighted by atomic mass is 32.2. The van der Waals surface area contributed by atoms with Crippen molar-refractivity contribution in [2.24, 2.45) is 23.3 Å². The van der Waals surface area contributed by atoms with Crippen LogP contribution in [0, 0.1) is 11.8 Å². The number of carbonyl (C=O) groups excluding carboxylic acids is 20. The number of thioether (sulfide) groups is 2. The van der Waals surface area contributed by atoms with Crippen LogP contribution in [0.2, 0.25) is 0 Å². The Kier molecular flexibility index (Phi) is 44.9. The minimum absolute atomic E-state index is 0.0103. The predicted octanol–water partition coefficient (Wildman–Crippen LogP) is -5.17. The molecule has 0 spiro atoms. The molecule has 9 rings (SSSR count).